The van der Waals surface area contributed by atoms with E-state index < -0.39 is 0 Å². The highest BCUT2D eigenvalue weighted by Gasteiger charge is 2.38. The quantitative estimate of drug-likeness (QED) is 0.444. The molecule has 0 spiro atoms. The molecule has 4 heteroatoms. The molecule has 2 fully saturated rings. The summed E-state index contributed by atoms with van der Waals surface area (Å²) in [5.41, 5.74) is 0. The Morgan fingerprint density at radius 1 is 1.78 bits per heavy atom. The van der Waals surface area contributed by atoms with Gasteiger partial charge in [-0.05, 0) is 0 Å². The average molecular weight is 145 g/mol. The van der Waals surface area contributed by atoms with Gasteiger partial charge in [-0.2, -0.15) is 0 Å². The van der Waals surface area contributed by atoms with Crippen molar-refractivity contribution in [1.29, 1.82) is 0 Å². The van der Waals surface area contributed by atoms with Crippen molar-refractivity contribution >= 4 is 17.7 Å². The molecule has 0 aromatic heterocycles. The van der Waals surface area contributed by atoms with Crippen LogP contribution in [0.5, 0.6) is 0 Å². The van der Waals surface area contributed by atoms with Gasteiger partial charge in [0.1, 0.15) is 12.8 Å². The van der Waals surface area contributed by atoms with E-state index >= 15 is 0 Å². The third-order valence-electron chi connectivity index (χ3n) is 1.62. The lowest BCUT2D eigenvalue weighted by Gasteiger charge is -2.04. The Bertz CT molecular complexity index is 150. The van der Waals surface area contributed by atoms with Gasteiger partial charge in [0.15, 0.2) is 0 Å². The van der Waals surface area contributed by atoms with Gasteiger partial charge in [0.25, 0.3) is 0 Å². The molecule has 2 rings (SSSR count). The predicted octanol–water partition coefficient (Wildman–Crippen LogP) is -0.124. The summed E-state index contributed by atoms with van der Waals surface area (Å²) in [6.45, 7) is 0.510. The Morgan fingerprint density at radius 3 is 3.44 bits per heavy atom. The molecule has 0 unspecified atom stereocenters. The van der Waals surface area contributed by atoms with Crippen molar-refractivity contribution < 1.29 is 9.53 Å². The molecule has 9 heavy (non-hydrogen) atoms. The number of cyclic esters (lactones) is 1. The zero-order chi connectivity index (χ0) is 6.27. The molecule has 0 bridgehead atoms. The number of nitrogens with zero attached hydrogens (tertiary/aromatic N) is 1. The van der Waals surface area contributed by atoms with Crippen LogP contribution in [0.1, 0.15) is 0 Å². The third-order valence-corrected chi connectivity index (χ3v) is 2.68. The van der Waals surface area contributed by atoms with Crippen LogP contribution < -0.4 is 0 Å². The van der Waals surface area contributed by atoms with Crippen molar-refractivity contribution in [2.45, 2.75) is 6.04 Å². The van der Waals surface area contributed by atoms with Crippen LogP contribution in [0.3, 0.4) is 0 Å². The zero-order valence-corrected chi connectivity index (χ0v) is 5.69. The molecule has 0 radical (unpaired) electrons. The number of carbonyl (C=O) groups excluding carboxylic acids is 1. The van der Waals surface area contributed by atoms with Crippen LogP contribution in [0.4, 0.5) is 0 Å². The van der Waals surface area contributed by atoms with Gasteiger partial charge in [-0.15, -0.1) is 11.8 Å². The van der Waals surface area contributed by atoms with Crippen LogP contribution in [-0.4, -0.2) is 35.3 Å². The predicted molar refractivity (Wildman–Crippen MR) is 33.9 cm³/mol. The van der Waals surface area contributed by atoms with Crippen molar-refractivity contribution in [2.24, 2.45) is 0 Å². The summed E-state index contributed by atoms with van der Waals surface area (Å²) in [7, 11) is 0. The van der Waals surface area contributed by atoms with Crippen LogP contribution in [0.15, 0.2) is 0 Å². The number of carbonyl (C=O) groups is 1. The Labute approximate surface area is 57.3 Å². The molecule has 0 saturated carbocycles. The van der Waals surface area contributed by atoms with Crippen molar-refractivity contribution in [3.05, 3.63) is 0 Å². The maximum absolute atomic E-state index is 10.8. The maximum Gasteiger partial charge on any atom is 0.325 e. The van der Waals surface area contributed by atoms with Gasteiger partial charge >= 0.3 is 5.97 Å². The molecular weight excluding hydrogens is 138 g/mol. The Morgan fingerprint density at radius 2 is 2.67 bits per heavy atom. The molecule has 0 aromatic carbocycles. The number of hydrogen-bond donors (Lipinski definition) is 0. The van der Waals surface area contributed by atoms with Gasteiger partial charge in [0.2, 0.25) is 0 Å². The highest BCUT2D eigenvalue weighted by atomic mass is 32.2. The SMILES string of the molecule is O=C1OCN2CSC[C@@H]12. The summed E-state index contributed by atoms with van der Waals surface area (Å²) < 4.78 is 4.79. The molecule has 3 nitrogen and oxygen atoms in total. The lowest BCUT2D eigenvalue weighted by molar-refractivity contribution is -0.138. The number of hydrogen-bond acceptors (Lipinski definition) is 4. The minimum atomic E-state index is -0.0417. The van der Waals surface area contributed by atoms with Gasteiger partial charge < -0.3 is 4.74 Å². The Kier molecular flexibility index (Phi) is 1.16. The fraction of sp³-hybridized carbons (Fsp3) is 0.800. The van der Waals surface area contributed by atoms with E-state index in [2.05, 4.69) is 0 Å². The topological polar surface area (TPSA) is 29.5 Å². The number of esters is 1. The van der Waals surface area contributed by atoms with Crippen LogP contribution in [0, 0.1) is 0 Å². The average Bonchev–Trinajstić information content (AvgIpc) is 2.35. The molecule has 1 atom stereocenters. The Hall–Kier alpha value is -0.220. The minimum Gasteiger partial charge on any atom is -0.448 e. The summed E-state index contributed by atoms with van der Waals surface area (Å²) >= 11 is 1.79. The molecule has 2 saturated heterocycles. The summed E-state index contributed by atoms with van der Waals surface area (Å²) in [5, 5.41) is 0. The lowest BCUT2D eigenvalue weighted by atomic mass is 10.3. The zero-order valence-electron chi connectivity index (χ0n) is 4.87. The first kappa shape index (κ1) is 5.56. The second-order valence-corrected chi connectivity index (χ2v) is 3.20. The molecule has 2 aliphatic rings. The highest BCUT2D eigenvalue weighted by molar-refractivity contribution is 7.99. The number of ether oxygens (including phenoxy) is 1. The van der Waals surface area contributed by atoms with Gasteiger partial charge in [-0.25, -0.2) is 4.90 Å². The summed E-state index contributed by atoms with van der Waals surface area (Å²) in [6, 6.07) is 0.0787. The van der Waals surface area contributed by atoms with E-state index in [1.54, 1.807) is 11.8 Å². The van der Waals surface area contributed by atoms with E-state index in [0.717, 1.165) is 11.6 Å². The first-order chi connectivity index (χ1) is 4.38. The molecule has 0 N–H and O–H groups in total. The van der Waals surface area contributed by atoms with E-state index in [1.807, 2.05) is 4.90 Å². The second-order valence-electron chi connectivity index (χ2n) is 2.20. The van der Waals surface area contributed by atoms with Crippen molar-refractivity contribution in [2.75, 3.05) is 18.4 Å². The molecule has 2 aliphatic heterocycles. The summed E-state index contributed by atoms with van der Waals surface area (Å²) in [5.74, 6) is 1.83. The normalized spacial score (nSPS) is 34.7. The van der Waals surface area contributed by atoms with Crippen LogP contribution in [0.25, 0.3) is 0 Å². The van der Waals surface area contributed by atoms with Gasteiger partial charge in [0, 0.05) is 11.6 Å². The fourth-order valence-corrected chi connectivity index (χ4v) is 2.23. The molecule has 2 heterocycles. The lowest BCUT2D eigenvalue weighted by Crippen LogP contribution is -2.27. The Balaban J connectivity index is 2.15. The fourth-order valence-electron chi connectivity index (χ4n) is 1.06. The van der Waals surface area contributed by atoms with Crippen molar-refractivity contribution in [1.82, 2.24) is 4.90 Å². The summed E-state index contributed by atoms with van der Waals surface area (Å²) in [4.78, 5) is 12.8. The van der Waals surface area contributed by atoms with E-state index in [-0.39, 0.29) is 12.0 Å². The largest absolute Gasteiger partial charge is 0.448 e. The highest BCUT2D eigenvalue weighted by Crippen LogP contribution is 2.25. The van der Waals surface area contributed by atoms with Gasteiger partial charge in [-0.1, -0.05) is 0 Å². The molecular formula is C5H7NO2S. The maximum atomic E-state index is 10.8. The first-order valence-corrected chi connectivity index (χ1v) is 4.02. The first-order valence-electron chi connectivity index (χ1n) is 2.86. The molecule has 0 aliphatic carbocycles. The smallest absolute Gasteiger partial charge is 0.325 e. The van der Waals surface area contributed by atoms with Crippen molar-refractivity contribution in [3.8, 4) is 0 Å². The standard InChI is InChI=1S/C5H7NO2S/c7-5-4-1-9-3-6(4)2-8-5/h4H,1-3H2/t4-/m0/s1. The van der Waals surface area contributed by atoms with Crippen LogP contribution in [-0.2, 0) is 9.53 Å². The van der Waals surface area contributed by atoms with Gasteiger partial charge in [-0.3, -0.25) is 4.79 Å². The molecule has 0 amide bonds. The second kappa shape index (κ2) is 1.88. The number of fused-ring (bicyclic) bond motifs is 1. The van der Waals surface area contributed by atoms with Gasteiger partial charge in [0.05, 0.1) is 0 Å². The summed E-state index contributed by atoms with van der Waals surface area (Å²) in [6.07, 6.45) is 0. The number of thioether (sulfide) groups is 1. The van der Waals surface area contributed by atoms with E-state index in [0.29, 0.717) is 6.73 Å². The molecule has 50 valence electrons. The molecule has 0 aromatic rings. The van der Waals surface area contributed by atoms with E-state index in [4.69, 9.17) is 4.74 Å². The van der Waals surface area contributed by atoms with E-state index in [1.165, 1.54) is 0 Å². The monoisotopic (exact) mass is 145 g/mol. The van der Waals surface area contributed by atoms with Crippen LogP contribution in [0.2, 0.25) is 0 Å². The van der Waals surface area contributed by atoms with Crippen LogP contribution >= 0.6 is 11.8 Å². The minimum absolute atomic E-state index is 0.0417. The van der Waals surface area contributed by atoms with Crippen molar-refractivity contribution in [3.63, 3.8) is 0 Å². The number of rotatable bonds is 0. The third kappa shape index (κ3) is 0.737. The van der Waals surface area contributed by atoms with E-state index in [9.17, 15) is 4.79 Å².